The quantitative estimate of drug-likeness (QED) is 0.552. The number of fused-ring (bicyclic) bond motifs is 1. The zero-order valence-electron chi connectivity index (χ0n) is 7.18. The van der Waals surface area contributed by atoms with Gasteiger partial charge in [0.05, 0.1) is 4.88 Å². The molecule has 2 N–H and O–H groups in total. The van der Waals surface area contributed by atoms with Crippen molar-refractivity contribution in [1.82, 2.24) is 0 Å². The van der Waals surface area contributed by atoms with Crippen LogP contribution in [0.25, 0.3) is 10.1 Å². The van der Waals surface area contributed by atoms with Crippen molar-refractivity contribution in [2.45, 2.75) is 0 Å². The van der Waals surface area contributed by atoms with Crippen molar-refractivity contribution in [3.8, 4) is 0 Å². The average Bonchev–Trinajstić information content (AvgIpc) is 2.58. The highest BCUT2D eigenvalue weighted by Crippen LogP contribution is 2.23. The second kappa shape index (κ2) is 3.53. The maximum Gasteiger partial charge on any atom is 0.488 e. The van der Waals surface area contributed by atoms with E-state index in [1.165, 1.54) is 11.3 Å². The summed E-state index contributed by atoms with van der Waals surface area (Å²) in [7, 11) is -1.46. The molecule has 0 aliphatic carbocycles. The first kappa shape index (κ1) is 9.39. The van der Waals surface area contributed by atoms with Gasteiger partial charge < -0.3 is 10.0 Å². The van der Waals surface area contributed by atoms with E-state index in [4.69, 9.17) is 10.0 Å². The van der Waals surface area contributed by atoms with Crippen molar-refractivity contribution in [3.63, 3.8) is 0 Å². The Morgan fingerprint density at radius 3 is 2.71 bits per heavy atom. The molecule has 70 valence electrons. The maximum atomic E-state index is 10.5. The molecule has 0 aliphatic rings. The van der Waals surface area contributed by atoms with Crippen LogP contribution in [0.4, 0.5) is 0 Å². The summed E-state index contributed by atoms with van der Waals surface area (Å²) in [5.74, 6) is 0. The molecule has 2 aromatic rings. The van der Waals surface area contributed by atoms with E-state index in [-0.39, 0.29) is 0 Å². The van der Waals surface area contributed by atoms with Crippen LogP contribution in [0, 0.1) is 0 Å². The highest BCUT2D eigenvalue weighted by Gasteiger charge is 2.11. The van der Waals surface area contributed by atoms with E-state index in [1.807, 2.05) is 0 Å². The van der Waals surface area contributed by atoms with E-state index in [2.05, 4.69) is 0 Å². The van der Waals surface area contributed by atoms with Gasteiger partial charge in [-0.3, -0.25) is 4.79 Å². The molecule has 0 saturated carbocycles. The number of hydrogen-bond acceptors (Lipinski definition) is 4. The van der Waals surface area contributed by atoms with Crippen molar-refractivity contribution in [2.75, 3.05) is 0 Å². The second-order valence-corrected chi connectivity index (χ2v) is 4.05. The summed E-state index contributed by atoms with van der Waals surface area (Å²) in [6.07, 6.45) is 0.791. The van der Waals surface area contributed by atoms with Gasteiger partial charge in [0.25, 0.3) is 0 Å². The molecule has 5 heteroatoms. The largest absolute Gasteiger partial charge is 0.488 e. The molecule has 1 heterocycles. The first-order valence-electron chi connectivity index (χ1n) is 4.05. The monoisotopic (exact) mass is 206 g/mol. The van der Waals surface area contributed by atoms with Crippen LogP contribution in [0.3, 0.4) is 0 Å². The minimum atomic E-state index is -1.46. The van der Waals surface area contributed by atoms with Crippen LogP contribution in [0.15, 0.2) is 24.3 Å². The molecule has 0 amide bonds. The van der Waals surface area contributed by atoms with E-state index in [0.717, 1.165) is 16.4 Å². The number of rotatable bonds is 2. The van der Waals surface area contributed by atoms with Crippen LogP contribution in [0.1, 0.15) is 9.67 Å². The fraction of sp³-hybridized carbons (Fsp3) is 0. The van der Waals surface area contributed by atoms with E-state index >= 15 is 0 Å². The molecular formula is C9H7BO3S. The molecule has 0 aliphatic heterocycles. The predicted molar refractivity (Wildman–Crippen MR) is 57.0 cm³/mol. The van der Waals surface area contributed by atoms with Crippen molar-refractivity contribution in [3.05, 3.63) is 29.1 Å². The van der Waals surface area contributed by atoms with Gasteiger partial charge in [-0.1, -0.05) is 12.1 Å². The summed E-state index contributed by atoms with van der Waals surface area (Å²) >= 11 is 1.39. The lowest BCUT2D eigenvalue weighted by atomic mass is 9.80. The minimum absolute atomic E-state index is 0.438. The third kappa shape index (κ3) is 1.57. The van der Waals surface area contributed by atoms with Gasteiger partial charge in [0, 0.05) is 4.70 Å². The molecule has 0 fully saturated rings. The summed E-state index contributed by atoms with van der Waals surface area (Å²) in [4.78, 5) is 11.1. The molecule has 0 bridgehead atoms. The fourth-order valence-electron chi connectivity index (χ4n) is 1.30. The average molecular weight is 206 g/mol. The Morgan fingerprint density at radius 2 is 2.07 bits per heavy atom. The third-order valence-electron chi connectivity index (χ3n) is 1.97. The van der Waals surface area contributed by atoms with Crippen molar-refractivity contribution in [1.29, 1.82) is 0 Å². The van der Waals surface area contributed by atoms with Crippen LogP contribution in [-0.2, 0) is 0 Å². The number of benzene rings is 1. The number of aldehydes is 1. The predicted octanol–water partition coefficient (Wildman–Crippen LogP) is 0.394. The molecule has 1 aromatic carbocycles. The van der Waals surface area contributed by atoms with Gasteiger partial charge in [-0.2, -0.15) is 0 Å². The van der Waals surface area contributed by atoms with Crippen LogP contribution >= 0.6 is 11.3 Å². The smallest absolute Gasteiger partial charge is 0.423 e. The Bertz CT molecular complexity index is 478. The van der Waals surface area contributed by atoms with Crippen LogP contribution in [0.2, 0.25) is 0 Å². The van der Waals surface area contributed by atoms with Gasteiger partial charge >= 0.3 is 7.12 Å². The number of carbonyl (C=O) groups is 1. The molecule has 14 heavy (non-hydrogen) atoms. The molecule has 2 rings (SSSR count). The van der Waals surface area contributed by atoms with Gasteiger partial charge in [-0.25, -0.2) is 0 Å². The molecule has 1 aromatic heterocycles. The first-order chi connectivity index (χ1) is 6.70. The first-order valence-corrected chi connectivity index (χ1v) is 4.87. The topological polar surface area (TPSA) is 57.5 Å². The highest BCUT2D eigenvalue weighted by molar-refractivity contribution is 7.20. The Balaban J connectivity index is 2.59. The van der Waals surface area contributed by atoms with E-state index in [0.29, 0.717) is 10.3 Å². The molecule has 0 saturated heterocycles. The van der Waals surface area contributed by atoms with Gasteiger partial charge in [0.2, 0.25) is 0 Å². The normalized spacial score (nSPS) is 10.4. The zero-order chi connectivity index (χ0) is 10.1. The Kier molecular flexibility index (Phi) is 2.37. The van der Waals surface area contributed by atoms with Crippen molar-refractivity contribution < 1.29 is 14.8 Å². The van der Waals surface area contributed by atoms with Gasteiger partial charge in [0.1, 0.15) is 0 Å². The molecule has 0 unspecified atom stereocenters. The van der Waals surface area contributed by atoms with Crippen LogP contribution < -0.4 is 5.46 Å². The summed E-state index contributed by atoms with van der Waals surface area (Å²) in [5.41, 5.74) is 0.438. The van der Waals surface area contributed by atoms with E-state index < -0.39 is 7.12 Å². The number of hydrogen-bond donors (Lipinski definition) is 2. The van der Waals surface area contributed by atoms with Gasteiger partial charge in [-0.05, 0) is 23.0 Å². The number of carbonyl (C=O) groups excluding carboxylic acids is 1. The minimum Gasteiger partial charge on any atom is -0.423 e. The lowest BCUT2D eigenvalue weighted by molar-refractivity contribution is 0.112. The Labute approximate surface area is 84.8 Å². The van der Waals surface area contributed by atoms with Crippen molar-refractivity contribution >= 4 is 40.3 Å². The Hall–Kier alpha value is -1.17. The standard InChI is InChI=1S/C9H7BO3S/c11-5-8-4-6-3-7(10(12)13)1-2-9(6)14-8/h1-5,12-13H. The molecule has 0 atom stereocenters. The lowest BCUT2D eigenvalue weighted by Crippen LogP contribution is -2.29. The molecule has 0 spiro atoms. The summed E-state index contributed by atoms with van der Waals surface area (Å²) < 4.78 is 0.969. The van der Waals surface area contributed by atoms with Gasteiger partial charge in [0.15, 0.2) is 6.29 Å². The van der Waals surface area contributed by atoms with E-state index in [1.54, 1.807) is 24.3 Å². The zero-order valence-corrected chi connectivity index (χ0v) is 7.99. The summed E-state index contributed by atoms with van der Waals surface area (Å²) in [5, 5.41) is 18.7. The third-order valence-corrected chi connectivity index (χ3v) is 3.02. The molecule has 0 radical (unpaired) electrons. The van der Waals surface area contributed by atoms with Crippen molar-refractivity contribution in [2.24, 2.45) is 0 Å². The van der Waals surface area contributed by atoms with Crippen LogP contribution in [-0.4, -0.2) is 23.5 Å². The molecular weight excluding hydrogens is 199 g/mol. The number of thiophene rings is 1. The van der Waals surface area contributed by atoms with E-state index in [9.17, 15) is 4.79 Å². The lowest BCUT2D eigenvalue weighted by Gasteiger charge is -1.97. The highest BCUT2D eigenvalue weighted by atomic mass is 32.1. The van der Waals surface area contributed by atoms with Gasteiger partial charge in [-0.15, -0.1) is 11.3 Å². The molecule has 3 nitrogen and oxygen atoms in total. The second-order valence-electron chi connectivity index (χ2n) is 2.94. The Morgan fingerprint density at radius 1 is 1.29 bits per heavy atom. The SMILES string of the molecule is O=Cc1cc2cc(B(O)O)ccc2s1. The fourth-order valence-corrected chi connectivity index (χ4v) is 2.16. The summed E-state index contributed by atoms with van der Waals surface area (Å²) in [6, 6.07) is 6.82. The summed E-state index contributed by atoms with van der Waals surface area (Å²) in [6.45, 7) is 0. The maximum absolute atomic E-state index is 10.5. The van der Waals surface area contributed by atoms with Crippen LogP contribution in [0.5, 0.6) is 0 Å².